The van der Waals surface area contributed by atoms with Gasteiger partial charge in [0.25, 0.3) is 5.91 Å². The number of nitrogens with one attached hydrogen (secondary N) is 3. The second kappa shape index (κ2) is 7.13. The number of rotatable bonds is 6. The van der Waals surface area contributed by atoms with Crippen LogP contribution in [0.4, 0.5) is 4.39 Å². The van der Waals surface area contributed by atoms with Crippen molar-refractivity contribution in [2.24, 2.45) is 0 Å². The highest BCUT2D eigenvalue weighted by atomic mass is 35.5. The van der Waals surface area contributed by atoms with Gasteiger partial charge in [0, 0.05) is 23.5 Å². The van der Waals surface area contributed by atoms with E-state index in [1.165, 1.54) is 0 Å². The number of amides is 2. The molecule has 9 heteroatoms. The molecule has 5 atom stereocenters. The molecule has 0 aromatic rings. The molecule has 0 radical (unpaired) electrons. The van der Waals surface area contributed by atoms with Gasteiger partial charge in [-0.2, -0.15) is 0 Å². The van der Waals surface area contributed by atoms with Crippen LogP contribution in [0, 0.1) is 0 Å². The molecule has 1 saturated heterocycles. The maximum absolute atomic E-state index is 13.6. The van der Waals surface area contributed by atoms with E-state index in [0.717, 1.165) is 19.3 Å². The molecule has 1 aliphatic heterocycles. The monoisotopic (exact) mass is 403 g/mol. The molecule has 0 spiro atoms. The van der Waals surface area contributed by atoms with Gasteiger partial charge in [-0.1, -0.05) is 0 Å². The quantitative estimate of drug-likeness (QED) is 0.569. The molecule has 2 bridgehead atoms. The van der Waals surface area contributed by atoms with Crippen LogP contribution in [0.15, 0.2) is 0 Å². The lowest BCUT2D eigenvalue weighted by Crippen LogP contribution is -2.84. The Balaban J connectivity index is 1.16. The number of hydrogen-bond donors (Lipinski definition) is 3. The minimum Gasteiger partial charge on any atom is -0.368 e. The van der Waals surface area contributed by atoms with Crippen LogP contribution >= 0.6 is 11.6 Å². The molecule has 5 rings (SSSR count). The normalized spacial score (nSPS) is 45.5. The molecule has 2 amide bonds. The van der Waals surface area contributed by atoms with Crippen molar-refractivity contribution >= 4 is 23.4 Å². The predicted molar refractivity (Wildman–Crippen MR) is 96.1 cm³/mol. The molecule has 5 unspecified atom stereocenters. The van der Waals surface area contributed by atoms with Crippen LogP contribution in [0.5, 0.6) is 0 Å². The van der Waals surface area contributed by atoms with Crippen LogP contribution < -0.4 is 16.0 Å². The van der Waals surface area contributed by atoms with E-state index in [1.54, 1.807) is 0 Å². The van der Waals surface area contributed by atoms with E-state index in [0.29, 0.717) is 19.6 Å². The van der Waals surface area contributed by atoms with Crippen molar-refractivity contribution in [1.29, 1.82) is 0 Å². The molecule has 4 aliphatic carbocycles. The summed E-state index contributed by atoms with van der Waals surface area (Å²) in [5.74, 6) is -0.277. The van der Waals surface area contributed by atoms with E-state index < -0.39 is 17.7 Å². The first-order chi connectivity index (χ1) is 12.8. The summed E-state index contributed by atoms with van der Waals surface area (Å²) in [6, 6.07) is 0.000878. The van der Waals surface area contributed by atoms with Gasteiger partial charge in [-0.3, -0.25) is 14.9 Å². The zero-order valence-electron chi connectivity index (χ0n) is 15.4. The number of ether oxygens (including phenoxy) is 2. The maximum Gasteiger partial charge on any atom is 0.251 e. The van der Waals surface area contributed by atoms with Crippen LogP contribution in [0.2, 0.25) is 0 Å². The number of alkyl halides is 2. The largest absolute Gasteiger partial charge is 0.368 e. The minimum absolute atomic E-state index is 0.000878. The molecule has 5 aliphatic rings. The van der Waals surface area contributed by atoms with Crippen LogP contribution in [0.3, 0.4) is 0 Å². The van der Waals surface area contributed by atoms with Crippen molar-refractivity contribution in [1.82, 2.24) is 16.0 Å². The van der Waals surface area contributed by atoms with E-state index in [9.17, 15) is 14.0 Å². The van der Waals surface area contributed by atoms with Crippen molar-refractivity contribution in [3.63, 3.8) is 0 Å². The average Bonchev–Trinajstić information content (AvgIpc) is 2.99. The predicted octanol–water partition coefficient (Wildman–Crippen LogP) is 0.743. The lowest BCUT2D eigenvalue weighted by Gasteiger charge is -2.70. The van der Waals surface area contributed by atoms with E-state index in [-0.39, 0.29) is 48.1 Å². The molecular formula is C18H27ClFN3O4. The minimum atomic E-state index is -1.07. The first kappa shape index (κ1) is 19.4. The Hall–Kier alpha value is -0.960. The van der Waals surface area contributed by atoms with Crippen LogP contribution in [0.25, 0.3) is 0 Å². The standard InChI is InChI=1S/C18H27ClFN3O4/c1-10-15(27-9-21-10)16(25)23-18-6-17(7-18,8-18)22-14(24)5-26-11-2-3-12(19)13(20)4-11/h10-13,15,21H,2-9H2,1H3,(H,22,24)(H,23,25). The van der Waals surface area contributed by atoms with Gasteiger partial charge in [0.15, 0.2) is 6.10 Å². The van der Waals surface area contributed by atoms with Gasteiger partial charge < -0.3 is 20.1 Å². The highest BCUT2D eigenvalue weighted by molar-refractivity contribution is 6.21. The van der Waals surface area contributed by atoms with Crippen molar-refractivity contribution in [3.05, 3.63) is 0 Å². The smallest absolute Gasteiger partial charge is 0.251 e. The van der Waals surface area contributed by atoms with Gasteiger partial charge in [-0.15, -0.1) is 11.6 Å². The van der Waals surface area contributed by atoms with Gasteiger partial charge >= 0.3 is 0 Å². The highest BCUT2D eigenvalue weighted by Crippen LogP contribution is 2.60. The molecule has 0 aromatic carbocycles. The SMILES string of the molecule is CC1NCOC1C(=O)NC12CC(NC(=O)COC3CCC(Cl)C(F)C3)(C1)C2. The summed E-state index contributed by atoms with van der Waals surface area (Å²) in [6.45, 7) is 2.25. The second-order valence-corrected chi connectivity index (χ2v) is 9.19. The van der Waals surface area contributed by atoms with E-state index in [1.807, 2.05) is 6.92 Å². The number of carbonyl (C=O) groups is 2. The fraction of sp³-hybridized carbons (Fsp3) is 0.889. The number of carbonyl (C=O) groups excluding carboxylic acids is 2. The van der Waals surface area contributed by atoms with Gasteiger partial charge in [0.05, 0.1) is 18.2 Å². The molecule has 152 valence electrons. The van der Waals surface area contributed by atoms with Crippen molar-refractivity contribution in [3.8, 4) is 0 Å². The molecule has 27 heavy (non-hydrogen) atoms. The zero-order valence-corrected chi connectivity index (χ0v) is 16.2. The number of halogens is 2. The lowest BCUT2D eigenvalue weighted by molar-refractivity contribution is -0.157. The van der Waals surface area contributed by atoms with Gasteiger partial charge in [0.2, 0.25) is 5.91 Å². The van der Waals surface area contributed by atoms with Crippen LogP contribution in [-0.2, 0) is 19.1 Å². The summed E-state index contributed by atoms with van der Waals surface area (Å²) in [7, 11) is 0. The highest BCUT2D eigenvalue weighted by Gasteiger charge is 2.69. The average molecular weight is 404 g/mol. The molecule has 0 aromatic heterocycles. The Bertz CT molecular complexity index is 602. The zero-order chi connectivity index (χ0) is 19.2. The summed E-state index contributed by atoms with van der Waals surface area (Å²) < 4.78 is 24.6. The Kier molecular flexibility index (Phi) is 5.12. The van der Waals surface area contributed by atoms with Gasteiger partial charge in [-0.25, -0.2) is 4.39 Å². The van der Waals surface area contributed by atoms with Crippen LogP contribution in [0.1, 0.15) is 45.4 Å². The summed E-state index contributed by atoms with van der Waals surface area (Å²) in [5.41, 5.74) is -0.443. The van der Waals surface area contributed by atoms with Crippen LogP contribution in [-0.4, -0.2) is 66.0 Å². The van der Waals surface area contributed by atoms with Gasteiger partial charge in [-0.05, 0) is 39.0 Å². The summed E-state index contributed by atoms with van der Waals surface area (Å²) in [4.78, 5) is 24.5. The molecule has 7 nitrogen and oxygen atoms in total. The fourth-order valence-electron chi connectivity index (χ4n) is 4.93. The maximum atomic E-state index is 13.6. The third kappa shape index (κ3) is 3.81. The topological polar surface area (TPSA) is 88.7 Å². The Morgan fingerprint density at radius 1 is 1.26 bits per heavy atom. The molecule has 1 heterocycles. The molecule has 5 fully saturated rings. The third-order valence-corrected chi connectivity index (χ3v) is 6.79. The van der Waals surface area contributed by atoms with E-state index in [2.05, 4.69) is 16.0 Å². The lowest BCUT2D eigenvalue weighted by atomic mass is 9.44. The first-order valence-electron chi connectivity index (χ1n) is 9.68. The Labute approximate surface area is 163 Å². The Morgan fingerprint density at radius 3 is 2.59 bits per heavy atom. The summed E-state index contributed by atoms with van der Waals surface area (Å²) >= 11 is 5.86. The first-order valence-corrected chi connectivity index (χ1v) is 10.1. The fourth-order valence-corrected chi connectivity index (χ4v) is 5.16. The summed E-state index contributed by atoms with van der Waals surface area (Å²) in [6.07, 6.45) is 1.91. The van der Waals surface area contributed by atoms with Gasteiger partial charge in [0.1, 0.15) is 12.8 Å². The van der Waals surface area contributed by atoms with Crippen molar-refractivity contribution in [2.45, 2.75) is 86.3 Å². The summed E-state index contributed by atoms with van der Waals surface area (Å²) in [5, 5.41) is 8.73. The number of hydrogen-bond acceptors (Lipinski definition) is 5. The molecular weight excluding hydrogens is 377 g/mol. The Morgan fingerprint density at radius 2 is 1.96 bits per heavy atom. The van der Waals surface area contributed by atoms with E-state index in [4.69, 9.17) is 21.1 Å². The third-order valence-electron chi connectivity index (χ3n) is 6.30. The molecule has 4 saturated carbocycles. The molecule has 3 N–H and O–H groups in total. The van der Waals surface area contributed by atoms with E-state index >= 15 is 0 Å². The van der Waals surface area contributed by atoms with Crippen molar-refractivity contribution < 1.29 is 23.5 Å². The second-order valence-electron chi connectivity index (χ2n) is 8.63. The van der Waals surface area contributed by atoms with Crippen molar-refractivity contribution in [2.75, 3.05) is 13.3 Å².